The molecule has 0 radical (unpaired) electrons. The van der Waals surface area contributed by atoms with Crippen LogP contribution in [0.5, 0.6) is 0 Å². The smallest absolute Gasteiger partial charge is 0.175 e. The van der Waals surface area contributed by atoms with E-state index in [1.807, 2.05) is 24.3 Å². The Morgan fingerprint density at radius 3 is 0.950 bits per heavy atom. The van der Waals surface area contributed by atoms with Crippen LogP contribution in [0.15, 0.2) is 0 Å². The van der Waals surface area contributed by atoms with E-state index in [-0.39, 0.29) is 0 Å². The molecule has 0 bridgehead atoms. The molecule has 0 amide bonds. The van der Waals surface area contributed by atoms with Crippen LogP contribution in [-0.2, 0) is 0 Å². The van der Waals surface area contributed by atoms with Crippen molar-refractivity contribution in [1.82, 2.24) is 0 Å². The van der Waals surface area contributed by atoms with Gasteiger partial charge in [0.1, 0.15) is 0 Å². The van der Waals surface area contributed by atoms with Crippen molar-refractivity contribution in [2.24, 2.45) is 10.8 Å². The van der Waals surface area contributed by atoms with Gasteiger partial charge in [-0.2, -0.15) is 21.0 Å². The second kappa shape index (κ2) is 7.53. The van der Waals surface area contributed by atoms with E-state index in [0.29, 0.717) is 12.8 Å². The van der Waals surface area contributed by atoms with Gasteiger partial charge in [-0.15, -0.1) is 0 Å². The first kappa shape index (κ1) is 16.0. The van der Waals surface area contributed by atoms with Crippen LogP contribution in [0.1, 0.15) is 64.2 Å². The molecule has 1 aliphatic carbocycles. The van der Waals surface area contributed by atoms with Crippen LogP contribution in [0.25, 0.3) is 0 Å². The predicted octanol–water partition coefficient (Wildman–Crippen LogP) is 3.97. The van der Waals surface area contributed by atoms with E-state index in [1.165, 1.54) is 12.8 Å². The first-order valence-electron chi connectivity index (χ1n) is 7.35. The van der Waals surface area contributed by atoms with E-state index in [1.54, 1.807) is 0 Å². The van der Waals surface area contributed by atoms with Crippen LogP contribution in [-0.4, -0.2) is 0 Å². The summed E-state index contributed by atoms with van der Waals surface area (Å²) >= 11 is 0. The van der Waals surface area contributed by atoms with Gasteiger partial charge < -0.3 is 0 Å². The fourth-order valence-electron chi connectivity index (χ4n) is 2.92. The molecule has 0 aromatic rings. The molecule has 1 saturated carbocycles. The van der Waals surface area contributed by atoms with E-state index < -0.39 is 10.8 Å². The van der Waals surface area contributed by atoms with Gasteiger partial charge in [0.25, 0.3) is 0 Å². The van der Waals surface area contributed by atoms with Crippen molar-refractivity contribution >= 4 is 0 Å². The Bertz CT molecular complexity index is 407. The van der Waals surface area contributed by atoms with Crippen LogP contribution < -0.4 is 0 Å². The summed E-state index contributed by atoms with van der Waals surface area (Å²) in [4.78, 5) is 0. The third kappa shape index (κ3) is 3.10. The molecular formula is C16H20N4. The van der Waals surface area contributed by atoms with Crippen molar-refractivity contribution < 1.29 is 0 Å². The minimum atomic E-state index is -1.49. The normalized spacial score (nSPS) is 22.6. The highest BCUT2D eigenvalue weighted by Crippen LogP contribution is 2.46. The number of nitriles is 4. The van der Waals surface area contributed by atoms with Gasteiger partial charge in [0.15, 0.2) is 10.8 Å². The Labute approximate surface area is 121 Å². The quantitative estimate of drug-likeness (QED) is 0.664. The van der Waals surface area contributed by atoms with Gasteiger partial charge in [-0.1, -0.05) is 51.4 Å². The molecule has 0 unspecified atom stereocenters. The van der Waals surface area contributed by atoms with Gasteiger partial charge in [-0.05, 0) is 12.8 Å². The van der Waals surface area contributed by atoms with E-state index in [4.69, 9.17) is 0 Å². The summed E-state index contributed by atoms with van der Waals surface area (Å²) in [6.45, 7) is 0. The third-order valence-electron chi connectivity index (χ3n) is 4.35. The van der Waals surface area contributed by atoms with Crippen molar-refractivity contribution in [2.45, 2.75) is 64.2 Å². The molecule has 20 heavy (non-hydrogen) atoms. The highest BCUT2D eigenvalue weighted by molar-refractivity contribution is 5.34. The molecule has 0 N–H and O–H groups in total. The van der Waals surface area contributed by atoms with E-state index in [2.05, 4.69) is 0 Å². The summed E-state index contributed by atoms with van der Waals surface area (Å²) in [5.41, 5.74) is -2.98. The molecule has 1 fully saturated rings. The monoisotopic (exact) mass is 268 g/mol. The topological polar surface area (TPSA) is 95.2 Å². The molecule has 0 aliphatic heterocycles. The van der Waals surface area contributed by atoms with Gasteiger partial charge in [-0.25, -0.2) is 0 Å². The van der Waals surface area contributed by atoms with Crippen LogP contribution in [0.4, 0.5) is 0 Å². The fraction of sp³-hybridized carbons (Fsp3) is 0.750. The van der Waals surface area contributed by atoms with Crippen LogP contribution >= 0.6 is 0 Å². The molecule has 1 aliphatic rings. The summed E-state index contributed by atoms with van der Waals surface area (Å²) in [7, 11) is 0. The Morgan fingerprint density at radius 1 is 0.450 bits per heavy atom. The highest BCUT2D eigenvalue weighted by Gasteiger charge is 2.53. The molecule has 1 rings (SSSR count). The van der Waals surface area contributed by atoms with Gasteiger partial charge >= 0.3 is 0 Å². The van der Waals surface area contributed by atoms with E-state index in [9.17, 15) is 21.0 Å². The van der Waals surface area contributed by atoms with Gasteiger partial charge in [0.2, 0.25) is 0 Å². The molecule has 0 aromatic heterocycles. The molecule has 0 heterocycles. The Hall–Kier alpha value is -2.04. The Morgan fingerprint density at radius 2 is 0.700 bits per heavy atom. The lowest BCUT2D eigenvalue weighted by Gasteiger charge is -2.31. The molecule has 4 heteroatoms. The molecule has 0 spiro atoms. The second-order valence-corrected chi connectivity index (χ2v) is 5.59. The molecule has 0 aromatic carbocycles. The minimum Gasteiger partial charge on any atom is -0.196 e. The predicted molar refractivity (Wildman–Crippen MR) is 73.5 cm³/mol. The van der Waals surface area contributed by atoms with Gasteiger partial charge in [-0.3, -0.25) is 0 Å². The zero-order valence-corrected chi connectivity index (χ0v) is 11.9. The number of hydrogen-bond acceptors (Lipinski definition) is 4. The largest absolute Gasteiger partial charge is 0.196 e. The van der Waals surface area contributed by atoms with Crippen molar-refractivity contribution in [3.05, 3.63) is 0 Å². The summed E-state index contributed by atoms with van der Waals surface area (Å²) < 4.78 is 0. The fourth-order valence-corrected chi connectivity index (χ4v) is 2.92. The summed E-state index contributed by atoms with van der Waals surface area (Å²) in [6, 6.07) is 8.02. The first-order valence-corrected chi connectivity index (χ1v) is 7.35. The minimum absolute atomic E-state index is 0.321. The number of hydrogen-bond donors (Lipinski definition) is 0. The molecule has 0 atom stereocenters. The van der Waals surface area contributed by atoms with Gasteiger partial charge in [0.05, 0.1) is 24.3 Å². The summed E-state index contributed by atoms with van der Waals surface area (Å²) in [6.07, 6.45) is 8.58. The van der Waals surface area contributed by atoms with Crippen molar-refractivity contribution in [1.29, 1.82) is 21.0 Å². The second-order valence-electron chi connectivity index (χ2n) is 5.59. The maximum Gasteiger partial charge on any atom is 0.175 e. The van der Waals surface area contributed by atoms with Gasteiger partial charge in [0, 0.05) is 0 Å². The van der Waals surface area contributed by atoms with Crippen molar-refractivity contribution in [3.63, 3.8) is 0 Å². The Kier molecular flexibility index (Phi) is 6.03. The van der Waals surface area contributed by atoms with Crippen molar-refractivity contribution in [2.75, 3.05) is 0 Å². The summed E-state index contributed by atoms with van der Waals surface area (Å²) in [5.74, 6) is 0. The lowest BCUT2D eigenvalue weighted by Crippen LogP contribution is -2.38. The third-order valence-corrected chi connectivity index (χ3v) is 4.35. The zero-order valence-electron chi connectivity index (χ0n) is 11.9. The summed E-state index contributed by atoms with van der Waals surface area (Å²) in [5, 5.41) is 37.9. The highest BCUT2D eigenvalue weighted by atomic mass is 14.6. The molecular weight excluding hydrogens is 248 g/mol. The molecule has 104 valence electrons. The maximum atomic E-state index is 9.47. The lowest BCUT2D eigenvalue weighted by atomic mass is 9.61. The van der Waals surface area contributed by atoms with E-state index in [0.717, 1.165) is 38.5 Å². The van der Waals surface area contributed by atoms with Crippen molar-refractivity contribution in [3.8, 4) is 24.3 Å². The average Bonchev–Trinajstić information content (AvgIpc) is 2.49. The standard InChI is InChI=1S/C16H20N4/c17-11-15(12-18)9-7-5-3-1-2-4-6-8-10-16(15,13-19)14-20/h1-10H2. The average molecular weight is 268 g/mol. The lowest BCUT2D eigenvalue weighted by molar-refractivity contribution is 0.243. The van der Waals surface area contributed by atoms with E-state index >= 15 is 0 Å². The zero-order chi connectivity index (χ0) is 14.9. The first-order chi connectivity index (χ1) is 9.70. The van der Waals surface area contributed by atoms with Crippen LogP contribution in [0.2, 0.25) is 0 Å². The van der Waals surface area contributed by atoms with Crippen LogP contribution in [0.3, 0.4) is 0 Å². The SMILES string of the molecule is N#CC1(C#N)CCCCCCCCCCC1(C#N)C#N. The number of rotatable bonds is 0. The maximum absolute atomic E-state index is 9.47. The Balaban J connectivity index is 3.09. The molecule has 4 nitrogen and oxygen atoms in total. The number of nitrogens with zero attached hydrogens (tertiary/aromatic N) is 4. The molecule has 0 saturated heterocycles. The van der Waals surface area contributed by atoms with Crippen LogP contribution in [0, 0.1) is 56.2 Å².